The molecule has 318 valence electrons. The van der Waals surface area contributed by atoms with Crippen molar-refractivity contribution in [1.29, 1.82) is 5.26 Å². The monoisotopic (exact) mass is 882 g/mol. The molecule has 6 heterocycles. The Kier molecular flexibility index (Phi) is 7.11. The van der Waals surface area contributed by atoms with E-state index in [0.29, 0.717) is 45.3 Å². The standard InChI is InChI=1S/C61H31BN2O5/c63-32-34-18-4-11-25-42(34)64-43-26-12-7-21-38(43)49-50-39-22-8-13-27-44(39)65-57(50)54-60(56(49)64)68-47-30-35(37-20-6-5-19-36(37)33-16-2-1-3-17-33)31-48-53(47)62(54)55-58-51(40-23-9-14-28-45(40)66-58)52-41-24-10-15-29-46(41)67-59(52)61(55)69-48/h1-31H. The predicted molar refractivity (Wildman–Crippen MR) is 276 cm³/mol. The van der Waals surface area contributed by atoms with Gasteiger partial charge in [-0.1, -0.05) is 140 Å². The van der Waals surface area contributed by atoms with Crippen molar-refractivity contribution in [2.45, 2.75) is 0 Å². The zero-order chi connectivity index (χ0) is 45.1. The second-order valence-electron chi connectivity index (χ2n) is 18.0. The minimum atomic E-state index is -0.549. The highest BCUT2D eigenvalue weighted by molar-refractivity contribution is 7.01. The number of ether oxygens (including phenoxy) is 2. The minimum absolute atomic E-state index is 0.539. The van der Waals surface area contributed by atoms with Crippen LogP contribution in [0.3, 0.4) is 0 Å². The lowest BCUT2D eigenvalue weighted by molar-refractivity contribution is 0.463. The highest BCUT2D eigenvalue weighted by Gasteiger charge is 2.48. The molecule has 16 rings (SSSR count). The third-order valence-electron chi connectivity index (χ3n) is 14.5. The van der Waals surface area contributed by atoms with Gasteiger partial charge in [0.15, 0.2) is 17.1 Å². The lowest BCUT2D eigenvalue weighted by Gasteiger charge is -2.34. The first-order chi connectivity index (χ1) is 34.2. The minimum Gasteiger partial charge on any atom is -0.456 e. The molecule has 0 spiro atoms. The molecule has 2 aliphatic rings. The van der Waals surface area contributed by atoms with Gasteiger partial charge in [-0.2, -0.15) is 5.26 Å². The molecule has 0 fully saturated rings. The van der Waals surface area contributed by atoms with E-state index in [9.17, 15) is 5.26 Å². The molecule has 7 nitrogen and oxygen atoms in total. The highest BCUT2D eigenvalue weighted by atomic mass is 16.5. The zero-order valence-electron chi connectivity index (χ0n) is 36.4. The molecule has 10 aromatic carbocycles. The van der Waals surface area contributed by atoms with Gasteiger partial charge in [0.1, 0.15) is 45.5 Å². The molecule has 4 aromatic heterocycles. The lowest BCUT2D eigenvalue weighted by atomic mass is 9.34. The van der Waals surface area contributed by atoms with Crippen LogP contribution in [-0.4, -0.2) is 11.3 Å². The first-order valence-corrected chi connectivity index (χ1v) is 23.1. The molecule has 0 atom stereocenters. The van der Waals surface area contributed by atoms with Crippen LogP contribution in [0.15, 0.2) is 201 Å². The normalized spacial score (nSPS) is 12.8. The number of para-hydroxylation sites is 5. The molecule has 0 amide bonds. The summed E-state index contributed by atoms with van der Waals surface area (Å²) in [5, 5.41) is 18.5. The molecule has 2 aliphatic heterocycles. The summed E-state index contributed by atoms with van der Waals surface area (Å²) < 4.78 is 38.7. The summed E-state index contributed by atoms with van der Waals surface area (Å²) in [4.78, 5) is 0. The summed E-state index contributed by atoms with van der Waals surface area (Å²) in [7, 11) is 0. The molecule has 0 radical (unpaired) electrons. The smallest absolute Gasteiger partial charge is 0.270 e. The highest BCUT2D eigenvalue weighted by Crippen LogP contribution is 2.52. The number of hydrogen-bond acceptors (Lipinski definition) is 6. The van der Waals surface area contributed by atoms with Gasteiger partial charge in [-0.05, 0) is 70.8 Å². The van der Waals surface area contributed by atoms with Crippen molar-refractivity contribution in [1.82, 2.24) is 4.57 Å². The summed E-state index contributed by atoms with van der Waals surface area (Å²) in [6, 6.07) is 66.6. The second-order valence-corrected chi connectivity index (χ2v) is 18.0. The number of nitriles is 1. The summed E-state index contributed by atoms with van der Waals surface area (Å²) >= 11 is 0. The van der Waals surface area contributed by atoms with E-state index in [-0.39, 0.29) is 0 Å². The van der Waals surface area contributed by atoms with Crippen LogP contribution in [0.5, 0.6) is 23.0 Å². The van der Waals surface area contributed by atoms with Gasteiger partial charge >= 0.3 is 0 Å². The van der Waals surface area contributed by atoms with Crippen molar-refractivity contribution in [2.75, 3.05) is 0 Å². The van der Waals surface area contributed by atoms with Crippen LogP contribution in [0.2, 0.25) is 0 Å². The fraction of sp³-hybridized carbons (Fsp3) is 0. The molecule has 0 unspecified atom stereocenters. The van der Waals surface area contributed by atoms with Gasteiger partial charge in [-0.25, -0.2) is 0 Å². The van der Waals surface area contributed by atoms with Gasteiger partial charge < -0.3 is 27.3 Å². The summed E-state index contributed by atoms with van der Waals surface area (Å²) in [6.07, 6.45) is 0. The Morgan fingerprint density at radius 1 is 0.420 bits per heavy atom. The first-order valence-electron chi connectivity index (χ1n) is 23.1. The second kappa shape index (κ2) is 13.3. The third-order valence-corrected chi connectivity index (χ3v) is 14.5. The first kappa shape index (κ1) is 36.7. The van der Waals surface area contributed by atoms with E-state index in [1.807, 2.05) is 78.9 Å². The van der Waals surface area contributed by atoms with E-state index >= 15 is 0 Å². The molecule has 0 saturated carbocycles. The molecule has 0 N–H and O–H groups in total. The maximum absolute atomic E-state index is 10.7. The Morgan fingerprint density at radius 3 is 1.58 bits per heavy atom. The molecule has 0 aliphatic carbocycles. The van der Waals surface area contributed by atoms with Gasteiger partial charge in [0.2, 0.25) is 0 Å². The molecule has 14 aromatic rings. The van der Waals surface area contributed by atoms with Crippen LogP contribution >= 0.6 is 0 Å². The summed E-state index contributed by atoms with van der Waals surface area (Å²) in [5.74, 6) is 2.49. The number of furan rings is 3. The van der Waals surface area contributed by atoms with E-state index < -0.39 is 6.71 Å². The maximum atomic E-state index is 10.7. The number of rotatable bonds is 3. The van der Waals surface area contributed by atoms with Crippen molar-refractivity contribution in [3.63, 3.8) is 0 Å². The van der Waals surface area contributed by atoms with Crippen molar-refractivity contribution in [3.8, 4) is 57.0 Å². The Hall–Kier alpha value is -9.45. The van der Waals surface area contributed by atoms with Crippen LogP contribution in [0.1, 0.15) is 5.56 Å². The molecular formula is C61H31BN2O5. The van der Waals surface area contributed by atoms with Crippen molar-refractivity contribution >= 4 is 111 Å². The predicted octanol–water partition coefficient (Wildman–Crippen LogP) is 14.4. The maximum Gasteiger partial charge on any atom is 0.270 e. The summed E-state index contributed by atoms with van der Waals surface area (Å²) in [5.41, 5.74) is 14.0. The van der Waals surface area contributed by atoms with E-state index in [1.54, 1.807) is 0 Å². The fourth-order valence-corrected chi connectivity index (χ4v) is 11.8. The van der Waals surface area contributed by atoms with E-state index in [2.05, 4.69) is 120 Å². The van der Waals surface area contributed by atoms with Gasteiger partial charge in [0.05, 0.1) is 22.3 Å². The quantitative estimate of drug-likeness (QED) is 0.164. The fourth-order valence-electron chi connectivity index (χ4n) is 11.8. The van der Waals surface area contributed by atoms with Gasteiger partial charge in [0, 0.05) is 59.5 Å². The number of nitrogens with zero attached hydrogens (tertiary/aromatic N) is 2. The van der Waals surface area contributed by atoms with E-state index in [0.717, 1.165) is 115 Å². The molecule has 69 heavy (non-hydrogen) atoms. The Balaban J connectivity index is 1.13. The zero-order valence-corrected chi connectivity index (χ0v) is 36.4. The lowest BCUT2D eigenvalue weighted by Crippen LogP contribution is -2.58. The Morgan fingerprint density at radius 2 is 0.913 bits per heavy atom. The topological polar surface area (TPSA) is 86.6 Å². The molecule has 0 bridgehead atoms. The van der Waals surface area contributed by atoms with Crippen LogP contribution < -0.4 is 25.9 Å². The SMILES string of the molecule is N#Cc1ccccc1-n1c2ccccc2c2c3c(oc4ccccc43)c3c(c21)Oc1cc(-c2ccccc2-c2ccccc2)cc2c1B3c1c(c3oc4ccccc4c3c3c1oc1ccccc13)O2. The van der Waals surface area contributed by atoms with Crippen molar-refractivity contribution < 1.29 is 22.7 Å². The van der Waals surface area contributed by atoms with E-state index in [1.165, 1.54) is 0 Å². The van der Waals surface area contributed by atoms with Crippen LogP contribution in [0, 0.1) is 11.3 Å². The average Bonchev–Trinajstić information content (AvgIpc) is 4.18. The largest absolute Gasteiger partial charge is 0.456 e. The van der Waals surface area contributed by atoms with Crippen LogP contribution in [-0.2, 0) is 0 Å². The molecular weight excluding hydrogens is 851 g/mol. The Bertz CT molecular complexity index is 4640. The number of hydrogen-bond donors (Lipinski definition) is 0. The number of fused-ring (bicyclic) bond motifs is 22. The number of aromatic nitrogens is 1. The van der Waals surface area contributed by atoms with Gasteiger partial charge in [-0.15, -0.1) is 0 Å². The molecule has 0 saturated heterocycles. The van der Waals surface area contributed by atoms with Crippen LogP contribution in [0.25, 0.3) is 116 Å². The van der Waals surface area contributed by atoms with Crippen LogP contribution in [0.4, 0.5) is 0 Å². The van der Waals surface area contributed by atoms with Gasteiger partial charge in [-0.3, -0.25) is 0 Å². The van der Waals surface area contributed by atoms with Crippen molar-refractivity contribution in [2.24, 2.45) is 0 Å². The van der Waals surface area contributed by atoms with E-state index in [4.69, 9.17) is 22.7 Å². The Labute approximate surface area is 392 Å². The third kappa shape index (κ3) is 4.75. The number of benzene rings is 10. The molecule has 8 heteroatoms. The summed E-state index contributed by atoms with van der Waals surface area (Å²) in [6.45, 7) is -0.549. The average molecular weight is 883 g/mol. The van der Waals surface area contributed by atoms with Crippen molar-refractivity contribution in [3.05, 3.63) is 194 Å². The van der Waals surface area contributed by atoms with Gasteiger partial charge in [0.25, 0.3) is 6.71 Å².